The molecule has 0 amide bonds. The molecule has 5 nitrogen and oxygen atoms in total. The molecule has 0 unspecified atom stereocenters. The number of anilines is 1. The van der Waals surface area contributed by atoms with Crippen LogP contribution in [0.15, 0.2) is 12.4 Å². The first-order valence-corrected chi connectivity index (χ1v) is 4.06. The summed E-state index contributed by atoms with van der Waals surface area (Å²) in [5.74, 6) is -0.468. The first-order valence-electron chi connectivity index (χ1n) is 4.06. The first-order chi connectivity index (χ1) is 6.59. The van der Waals surface area contributed by atoms with E-state index in [1.54, 1.807) is 31.2 Å². The van der Waals surface area contributed by atoms with Crippen LogP contribution in [0.3, 0.4) is 0 Å². The average Bonchev–Trinajstić information content (AvgIpc) is 2.66. The zero-order valence-electron chi connectivity index (χ0n) is 7.90. The molecule has 2 aromatic heterocycles. The molecular formula is C8H10FN5. The van der Waals surface area contributed by atoms with E-state index in [-0.39, 0.29) is 11.5 Å². The molecule has 0 spiro atoms. The van der Waals surface area contributed by atoms with E-state index in [2.05, 4.69) is 10.2 Å². The Morgan fingerprint density at radius 3 is 2.57 bits per heavy atom. The van der Waals surface area contributed by atoms with E-state index in [9.17, 15) is 4.39 Å². The highest BCUT2D eigenvalue weighted by atomic mass is 19.1. The van der Waals surface area contributed by atoms with Gasteiger partial charge >= 0.3 is 0 Å². The highest BCUT2D eigenvalue weighted by Gasteiger charge is 2.15. The molecule has 0 aliphatic carbocycles. The number of hydrogen-bond acceptors (Lipinski definition) is 3. The van der Waals surface area contributed by atoms with Crippen LogP contribution in [0, 0.1) is 5.82 Å². The molecular weight excluding hydrogens is 185 g/mol. The van der Waals surface area contributed by atoms with Gasteiger partial charge in [0.25, 0.3) is 0 Å². The van der Waals surface area contributed by atoms with Crippen LogP contribution in [0.5, 0.6) is 0 Å². The SMILES string of the molecule is Cn1cc(-c2nn(C)c(N)c2F)cn1. The zero-order valence-corrected chi connectivity index (χ0v) is 7.90. The van der Waals surface area contributed by atoms with Crippen LogP contribution in [0.4, 0.5) is 10.2 Å². The molecule has 2 rings (SSSR count). The summed E-state index contributed by atoms with van der Waals surface area (Å²) in [6, 6.07) is 0. The van der Waals surface area contributed by atoms with Crippen LogP contribution < -0.4 is 5.73 Å². The van der Waals surface area contributed by atoms with Gasteiger partial charge in [0.05, 0.1) is 6.20 Å². The molecule has 6 heteroatoms. The van der Waals surface area contributed by atoms with Crippen LogP contribution in [-0.4, -0.2) is 19.6 Å². The molecule has 0 aromatic carbocycles. The molecule has 74 valence electrons. The summed E-state index contributed by atoms with van der Waals surface area (Å²) < 4.78 is 16.4. The zero-order chi connectivity index (χ0) is 10.3. The summed E-state index contributed by atoms with van der Waals surface area (Å²) in [5, 5.41) is 7.89. The van der Waals surface area contributed by atoms with Gasteiger partial charge in [-0.2, -0.15) is 10.2 Å². The highest BCUT2D eigenvalue weighted by Crippen LogP contribution is 2.23. The monoisotopic (exact) mass is 195 g/mol. The van der Waals surface area contributed by atoms with Crippen LogP contribution in [0.25, 0.3) is 11.3 Å². The smallest absolute Gasteiger partial charge is 0.192 e. The Morgan fingerprint density at radius 1 is 1.43 bits per heavy atom. The molecule has 0 radical (unpaired) electrons. The van der Waals surface area contributed by atoms with Crippen molar-refractivity contribution < 1.29 is 4.39 Å². The Labute approximate surface area is 79.9 Å². The maximum Gasteiger partial charge on any atom is 0.192 e. The summed E-state index contributed by atoms with van der Waals surface area (Å²) in [7, 11) is 3.35. The van der Waals surface area contributed by atoms with E-state index in [0.717, 1.165) is 0 Å². The second kappa shape index (κ2) is 2.83. The number of nitrogen functional groups attached to an aromatic ring is 1. The Kier molecular flexibility index (Phi) is 1.77. The van der Waals surface area contributed by atoms with Crippen molar-refractivity contribution in [2.75, 3.05) is 5.73 Å². The number of rotatable bonds is 1. The number of nitrogens with two attached hydrogens (primary N) is 1. The van der Waals surface area contributed by atoms with Gasteiger partial charge in [-0.25, -0.2) is 9.07 Å². The third kappa shape index (κ3) is 1.15. The van der Waals surface area contributed by atoms with Gasteiger partial charge < -0.3 is 5.73 Å². The van der Waals surface area contributed by atoms with Crippen LogP contribution >= 0.6 is 0 Å². The lowest BCUT2D eigenvalue weighted by Crippen LogP contribution is -1.97. The van der Waals surface area contributed by atoms with Gasteiger partial charge in [-0.15, -0.1) is 0 Å². The van der Waals surface area contributed by atoms with Crippen molar-refractivity contribution in [2.24, 2.45) is 14.1 Å². The van der Waals surface area contributed by atoms with Crippen molar-refractivity contribution in [3.05, 3.63) is 18.2 Å². The minimum atomic E-state index is -0.500. The molecule has 0 aliphatic rings. The van der Waals surface area contributed by atoms with E-state index in [4.69, 9.17) is 5.73 Å². The minimum Gasteiger partial charge on any atom is -0.381 e. The average molecular weight is 195 g/mol. The normalized spacial score (nSPS) is 10.8. The highest BCUT2D eigenvalue weighted by molar-refractivity contribution is 5.61. The predicted octanol–water partition coefficient (Wildman–Crippen LogP) is 0.542. The summed E-state index contributed by atoms with van der Waals surface area (Å²) in [6.45, 7) is 0. The van der Waals surface area contributed by atoms with Crippen LogP contribution in [-0.2, 0) is 14.1 Å². The lowest BCUT2D eigenvalue weighted by molar-refractivity contribution is 0.634. The van der Waals surface area contributed by atoms with Gasteiger partial charge in [-0.1, -0.05) is 0 Å². The standard InChI is InChI=1S/C8H10FN5/c1-13-4-5(3-11-13)7-6(9)8(10)14(2)12-7/h3-4H,10H2,1-2H3. The number of hydrogen-bond donors (Lipinski definition) is 1. The van der Waals surface area contributed by atoms with Gasteiger partial charge in [0.1, 0.15) is 5.69 Å². The molecule has 0 atom stereocenters. The summed E-state index contributed by atoms with van der Waals surface area (Å²) >= 11 is 0. The van der Waals surface area contributed by atoms with Crippen molar-refractivity contribution in [2.45, 2.75) is 0 Å². The maximum absolute atomic E-state index is 13.5. The number of halogens is 1. The molecule has 2 aromatic rings. The van der Waals surface area contributed by atoms with E-state index in [1.807, 2.05) is 0 Å². The Balaban J connectivity index is 2.57. The Morgan fingerprint density at radius 2 is 2.14 bits per heavy atom. The molecule has 0 bridgehead atoms. The largest absolute Gasteiger partial charge is 0.381 e. The molecule has 2 N–H and O–H groups in total. The van der Waals surface area contributed by atoms with Crippen LogP contribution in [0.2, 0.25) is 0 Å². The molecule has 0 saturated heterocycles. The molecule has 0 saturated carbocycles. The second-order valence-electron chi connectivity index (χ2n) is 3.07. The summed E-state index contributed by atoms with van der Waals surface area (Å²) in [6.07, 6.45) is 3.23. The Hall–Kier alpha value is -1.85. The van der Waals surface area contributed by atoms with Gasteiger partial charge in [-0.3, -0.25) is 4.68 Å². The van der Waals surface area contributed by atoms with E-state index in [0.29, 0.717) is 5.56 Å². The third-order valence-corrected chi connectivity index (χ3v) is 2.01. The minimum absolute atomic E-state index is 0.0313. The Bertz CT molecular complexity index is 470. The summed E-state index contributed by atoms with van der Waals surface area (Å²) in [5.41, 5.74) is 6.30. The summed E-state index contributed by atoms with van der Waals surface area (Å²) in [4.78, 5) is 0. The molecule has 0 fully saturated rings. The van der Waals surface area contributed by atoms with Gasteiger partial charge in [0, 0.05) is 25.9 Å². The quantitative estimate of drug-likeness (QED) is 0.722. The van der Waals surface area contributed by atoms with Crippen molar-refractivity contribution in [3.8, 4) is 11.3 Å². The van der Waals surface area contributed by atoms with E-state index < -0.39 is 5.82 Å². The van der Waals surface area contributed by atoms with E-state index >= 15 is 0 Å². The maximum atomic E-state index is 13.5. The first kappa shape index (κ1) is 8.74. The third-order valence-electron chi connectivity index (χ3n) is 2.01. The fourth-order valence-electron chi connectivity index (χ4n) is 1.24. The van der Waals surface area contributed by atoms with Crippen molar-refractivity contribution in [3.63, 3.8) is 0 Å². The fourth-order valence-corrected chi connectivity index (χ4v) is 1.24. The van der Waals surface area contributed by atoms with E-state index in [1.165, 1.54) is 4.68 Å². The number of aromatic nitrogens is 4. The number of aryl methyl sites for hydroxylation is 2. The lowest BCUT2D eigenvalue weighted by Gasteiger charge is -1.88. The van der Waals surface area contributed by atoms with Gasteiger partial charge in [-0.05, 0) is 0 Å². The lowest BCUT2D eigenvalue weighted by atomic mass is 10.2. The fraction of sp³-hybridized carbons (Fsp3) is 0.250. The second-order valence-corrected chi connectivity index (χ2v) is 3.07. The number of nitrogens with zero attached hydrogens (tertiary/aromatic N) is 4. The molecule has 14 heavy (non-hydrogen) atoms. The predicted molar refractivity (Wildman–Crippen MR) is 49.8 cm³/mol. The van der Waals surface area contributed by atoms with Crippen LogP contribution in [0.1, 0.15) is 0 Å². The van der Waals surface area contributed by atoms with Crippen molar-refractivity contribution in [1.29, 1.82) is 0 Å². The van der Waals surface area contributed by atoms with Gasteiger partial charge in [0.2, 0.25) is 0 Å². The topological polar surface area (TPSA) is 61.7 Å². The van der Waals surface area contributed by atoms with Crippen molar-refractivity contribution in [1.82, 2.24) is 19.6 Å². The molecule has 2 heterocycles. The molecule has 0 aliphatic heterocycles. The van der Waals surface area contributed by atoms with Gasteiger partial charge in [0.15, 0.2) is 11.6 Å². The van der Waals surface area contributed by atoms with Crippen molar-refractivity contribution >= 4 is 5.82 Å².